The van der Waals surface area contributed by atoms with Gasteiger partial charge in [0.05, 0.1) is 11.3 Å². The molecule has 3 aromatic rings. The van der Waals surface area contributed by atoms with Crippen molar-refractivity contribution in [3.63, 3.8) is 0 Å². The lowest BCUT2D eigenvalue weighted by molar-refractivity contribution is 0.0734. The van der Waals surface area contributed by atoms with E-state index in [0.29, 0.717) is 22.6 Å². The Balaban J connectivity index is 1.90. The molecule has 112 valence electrons. The Kier molecular flexibility index (Phi) is 4.29. The monoisotopic (exact) mass is 301 g/mol. The van der Waals surface area contributed by atoms with E-state index in [-0.39, 0.29) is 0 Å². The second-order valence-corrected chi connectivity index (χ2v) is 4.99. The van der Waals surface area contributed by atoms with E-state index in [1.807, 2.05) is 42.5 Å². The number of benzene rings is 3. The van der Waals surface area contributed by atoms with E-state index in [0.717, 1.165) is 5.56 Å². The van der Waals surface area contributed by atoms with Crippen molar-refractivity contribution in [2.75, 3.05) is 0 Å². The normalized spacial score (nSPS) is 10.1. The van der Waals surface area contributed by atoms with Crippen molar-refractivity contribution >= 4 is 11.7 Å². The molecule has 0 bridgehead atoms. The molecule has 0 unspecified atom stereocenters. The summed E-state index contributed by atoms with van der Waals surface area (Å²) in [7, 11) is 0. The van der Waals surface area contributed by atoms with Gasteiger partial charge in [-0.25, -0.2) is 4.79 Å². The van der Waals surface area contributed by atoms with Crippen LogP contribution in [0.15, 0.2) is 84.9 Å². The Morgan fingerprint density at radius 3 is 1.87 bits per heavy atom. The average Bonchev–Trinajstić information content (AvgIpc) is 2.63. The van der Waals surface area contributed by atoms with Gasteiger partial charge in [0, 0.05) is 11.1 Å². The topological polar surface area (TPSA) is 50.1 Å². The fraction of sp³-hybridized carbons (Fsp3) is 0. The number of esters is 1. The highest BCUT2D eigenvalue weighted by Gasteiger charge is 2.14. The molecule has 0 aliphatic rings. The molecule has 0 saturated heterocycles. The number of hydrogen-bond acceptors (Lipinski definition) is 3. The molecule has 0 aliphatic carbocycles. The van der Waals surface area contributed by atoms with Gasteiger partial charge in [-0.1, -0.05) is 60.7 Å². The van der Waals surface area contributed by atoms with Gasteiger partial charge < -0.3 is 4.74 Å². The molecule has 0 saturated carbocycles. The molecule has 3 heteroatoms. The van der Waals surface area contributed by atoms with Crippen LogP contribution in [0.5, 0.6) is 5.75 Å². The molecule has 0 heterocycles. The van der Waals surface area contributed by atoms with Crippen molar-refractivity contribution in [3.8, 4) is 5.75 Å². The van der Waals surface area contributed by atoms with E-state index >= 15 is 0 Å². The molecule has 0 aliphatic heterocycles. The molecule has 0 atom stereocenters. The zero-order valence-electron chi connectivity index (χ0n) is 12.4. The van der Waals surface area contributed by atoms with Gasteiger partial charge in [0.2, 0.25) is 0 Å². The number of carbonyl (C=O) groups excluding carboxylic acids is 1. The molecule has 0 amide bonds. The molecule has 23 heavy (non-hydrogen) atoms. The van der Waals surface area contributed by atoms with Crippen molar-refractivity contribution in [2.45, 2.75) is 0 Å². The highest BCUT2D eigenvalue weighted by atomic mass is 16.5. The van der Waals surface area contributed by atoms with Gasteiger partial charge in [-0.3, -0.25) is 5.41 Å². The predicted octanol–water partition coefficient (Wildman–Crippen LogP) is 4.32. The first-order valence-corrected chi connectivity index (χ1v) is 7.26. The van der Waals surface area contributed by atoms with E-state index in [1.54, 1.807) is 42.5 Å². The third kappa shape index (κ3) is 3.35. The van der Waals surface area contributed by atoms with Gasteiger partial charge in [-0.2, -0.15) is 0 Å². The molecule has 0 aromatic heterocycles. The van der Waals surface area contributed by atoms with E-state index in [4.69, 9.17) is 10.1 Å². The molecule has 0 radical (unpaired) electrons. The molecular weight excluding hydrogens is 286 g/mol. The van der Waals surface area contributed by atoms with E-state index in [2.05, 4.69) is 0 Å². The summed E-state index contributed by atoms with van der Waals surface area (Å²) in [5, 5.41) is 8.37. The summed E-state index contributed by atoms with van der Waals surface area (Å²) < 4.78 is 5.49. The van der Waals surface area contributed by atoms with Crippen LogP contribution in [0.2, 0.25) is 0 Å². The maximum absolute atomic E-state index is 12.2. The first kappa shape index (κ1) is 14.7. The lowest BCUT2D eigenvalue weighted by atomic mass is 10.0. The second kappa shape index (κ2) is 6.71. The fourth-order valence-corrected chi connectivity index (χ4v) is 2.26. The number of para-hydroxylation sites is 1. The minimum Gasteiger partial charge on any atom is -0.422 e. The SMILES string of the molecule is N=C(c1ccccc1)c1ccccc1OC(=O)c1ccccc1. The Labute approximate surface area is 134 Å². The molecule has 0 fully saturated rings. The van der Waals surface area contributed by atoms with E-state index < -0.39 is 5.97 Å². The predicted molar refractivity (Wildman–Crippen MR) is 90.2 cm³/mol. The molecule has 3 aromatic carbocycles. The minimum atomic E-state index is -0.432. The second-order valence-electron chi connectivity index (χ2n) is 4.99. The third-order valence-electron chi connectivity index (χ3n) is 3.43. The minimum absolute atomic E-state index is 0.321. The van der Waals surface area contributed by atoms with Gasteiger partial charge in [-0.05, 0) is 24.3 Å². The van der Waals surface area contributed by atoms with Gasteiger partial charge >= 0.3 is 5.97 Å². The smallest absolute Gasteiger partial charge is 0.343 e. The first-order valence-electron chi connectivity index (χ1n) is 7.26. The molecular formula is C20H15NO2. The van der Waals surface area contributed by atoms with Crippen molar-refractivity contribution in [3.05, 3.63) is 102 Å². The maximum atomic E-state index is 12.2. The zero-order valence-corrected chi connectivity index (χ0v) is 12.4. The van der Waals surface area contributed by atoms with Crippen molar-refractivity contribution in [1.82, 2.24) is 0 Å². The lowest BCUT2D eigenvalue weighted by Gasteiger charge is -2.11. The Morgan fingerprint density at radius 1 is 0.696 bits per heavy atom. The summed E-state index contributed by atoms with van der Waals surface area (Å²) in [5.41, 5.74) is 2.16. The largest absolute Gasteiger partial charge is 0.422 e. The number of ether oxygens (including phenoxy) is 1. The zero-order chi connectivity index (χ0) is 16.1. The van der Waals surface area contributed by atoms with Crippen LogP contribution in [0.4, 0.5) is 0 Å². The Morgan fingerprint density at radius 2 is 1.22 bits per heavy atom. The summed E-state index contributed by atoms with van der Waals surface area (Å²) in [4.78, 5) is 12.2. The summed E-state index contributed by atoms with van der Waals surface area (Å²) in [6, 6.07) is 25.3. The van der Waals surface area contributed by atoms with Gasteiger partial charge in [-0.15, -0.1) is 0 Å². The van der Waals surface area contributed by atoms with E-state index in [9.17, 15) is 4.79 Å². The van der Waals surface area contributed by atoms with Crippen LogP contribution in [0, 0.1) is 5.41 Å². The van der Waals surface area contributed by atoms with Crippen LogP contribution in [-0.4, -0.2) is 11.7 Å². The number of carbonyl (C=O) groups is 1. The maximum Gasteiger partial charge on any atom is 0.343 e. The van der Waals surface area contributed by atoms with Crippen molar-refractivity contribution in [2.24, 2.45) is 0 Å². The van der Waals surface area contributed by atoms with Crippen LogP contribution < -0.4 is 4.74 Å². The average molecular weight is 301 g/mol. The summed E-state index contributed by atoms with van der Waals surface area (Å²) in [5.74, 6) is -0.0471. The Hall–Kier alpha value is -3.20. The van der Waals surface area contributed by atoms with Gasteiger partial charge in [0.15, 0.2) is 0 Å². The lowest BCUT2D eigenvalue weighted by Crippen LogP contribution is -2.12. The molecule has 3 rings (SSSR count). The first-order chi connectivity index (χ1) is 11.3. The fourth-order valence-electron chi connectivity index (χ4n) is 2.26. The summed E-state index contributed by atoms with van der Waals surface area (Å²) in [6.45, 7) is 0. The highest BCUT2D eigenvalue weighted by Crippen LogP contribution is 2.22. The quantitative estimate of drug-likeness (QED) is 0.443. The van der Waals surface area contributed by atoms with Crippen molar-refractivity contribution in [1.29, 1.82) is 5.41 Å². The van der Waals surface area contributed by atoms with Gasteiger partial charge in [0.1, 0.15) is 5.75 Å². The van der Waals surface area contributed by atoms with Crippen LogP contribution in [0.25, 0.3) is 0 Å². The molecule has 3 nitrogen and oxygen atoms in total. The standard InChI is InChI=1S/C20H15NO2/c21-19(15-9-3-1-4-10-15)17-13-7-8-14-18(17)23-20(22)16-11-5-2-6-12-16/h1-14,21H. The summed E-state index contributed by atoms with van der Waals surface area (Å²) >= 11 is 0. The number of rotatable bonds is 4. The van der Waals surface area contributed by atoms with Crippen LogP contribution in [-0.2, 0) is 0 Å². The highest BCUT2D eigenvalue weighted by molar-refractivity contribution is 6.12. The third-order valence-corrected chi connectivity index (χ3v) is 3.43. The number of hydrogen-bond donors (Lipinski definition) is 1. The van der Waals surface area contributed by atoms with Crippen LogP contribution >= 0.6 is 0 Å². The van der Waals surface area contributed by atoms with Crippen LogP contribution in [0.1, 0.15) is 21.5 Å². The van der Waals surface area contributed by atoms with Gasteiger partial charge in [0.25, 0.3) is 0 Å². The van der Waals surface area contributed by atoms with Crippen molar-refractivity contribution < 1.29 is 9.53 Å². The van der Waals surface area contributed by atoms with Crippen LogP contribution in [0.3, 0.4) is 0 Å². The molecule has 0 spiro atoms. The Bertz CT molecular complexity index is 827. The molecule has 1 N–H and O–H groups in total. The number of nitrogens with one attached hydrogen (secondary N) is 1. The summed E-state index contributed by atoms with van der Waals surface area (Å²) in [6.07, 6.45) is 0. The van der Waals surface area contributed by atoms with E-state index in [1.165, 1.54) is 0 Å².